The lowest BCUT2D eigenvalue weighted by Crippen LogP contribution is -2.44. The molecule has 2 aliphatic heterocycles. The molecule has 0 unspecified atom stereocenters. The molecule has 0 aromatic heterocycles. The predicted octanol–water partition coefficient (Wildman–Crippen LogP) is 3.25. The van der Waals surface area contributed by atoms with Crippen LogP contribution in [0.25, 0.3) is 0 Å². The van der Waals surface area contributed by atoms with Gasteiger partial charge in [-0.2, -0.15) is 0 Å². The molecule has 1 aromatic rings. The third-order valence-electron chi connectivity index (χ3n) is 5.80. The highest BCUT2D eigenvalue weighted by Crippen LogP contribution is 2.24. The van der Waals surface area contributed by atoms with Crippen molar-refractivity contribution >= 4 is 0 Å². The van der Waals surface area contributed by atoms with E-state index in [0.29, 0.717) is 0 Å². The number of aryl methyl sites for hydroxylation is 1. The van der Waals surface area contributed by atoms with E-state index in [1.807, 2.05) is 0 Å². The number of benzene rings is 1. The van der Waals surface area contributed by atoms with E-state index in [9.17, 15) is 0 Å². The molecular formula is C22H37N3O. The van der Waals surface area contributed by atoms with Crippen molar-refractivity contribution in [2.45, 2.75) is 45.6 Å². The normalized spacial score (nSPS) is 20.4. The number of piperazine rings is 1. The molecule has 2 saturated heterocycles. The molecule has 0 bridgehead atoms. The average Bonchev–Trinajstić information content (AvgIpc) is 2.66. The largest absolute Gasteiger partial charge is 0.494 e. The highest BCUT2D eigenvalue weighted by atomic mass is 16.5. The SMILES string of the molecule is CCOc1ccc(CCCN2CCN(C)CC2)cc1CN1CCCCC1. The molecule has 0 aliphatic carbocycles. The molecule has 4 heteroatoms. The number of hydrogen-bond acceptors (Lipinski definition) is 4. The van der Waals surface area contributed by atoms with E-state index >= 15 is 0 Å². The maximum atomic E-state index is 5.90. The number of nitrogens with zero attached hydrogens (tertiary/aromatic N) is 3. The van der Waals surface area contributed by atoms with Crippen molar-refractivity contribution in [2.75, 3.05) is 59.5 Å². The highest BCUT2D eigenvalue weighted by Gasteiger charge is 2.15. The van der Waals surface area contributed by atoms with E-state index in [0.717, 1.165) is 18.9 Å². The van der Waals surface area contributed by atoms with Crippen LogP contribution < -0.4 is 4.74 Å². The first-order valence-corrected chi connectivity index (χ1v) is 10.6. The Labute approximate surface area is 160 Å². The third kappa shape index (κ3) is 5.97. The van der Waals surface area contributed by atoms with Crippen molar-refractivity contribution in [3.8, 4) is 5.75 Å². The van der Waals surface area contributed by atoms with Crippen molar-refractivity contribution in [1.29, 1.82) is 0 Å². The number of piperidine rings is 1. The molecule has 26 heavy (non-hydrogen) atoms. The zero-order valence-corrected chi connectivity index (χ0v) is 16.9. The minimum Gasteiger partial charge on any atom is -0.494 e. The Morgan fingerprint density at radius 3 is 2.42 bits per heavy atom. The minimum absolute atomic E-state index is 0.746. The number of ether oxygens (including phenoxy) is 1. The van der Waals surface area contributed by atoms with Crippen LogP contribution in [-0.4, -0.2) is 74.2 Å². The molecule has 0 N–H and O–H groups in total. The Morgan fingerprint density at radius 2 is 1.69 bits per heavy atom. The maximum absolute atomic E-state index is 5.90. The van der Waals surface area contributed by atoms with Crippen molar-refractivity contribution in [1.82, 2.24) is 14.7 Å². The fourth-order valence-corrected chi connectivity index (χ4v) is 4.14. The van der Waals surface area contributed by atoms with Crippen molar-refractivity contribution < 1.29 is 4.74 Å². The van der Waals surface area contributed by atoms with Gasteiger partial charge in [0.15, 0.2) is 0 Å². The van der Waals surface area contributed by atoms with Crippen LogP contribution in [-0.2, 0) is 13.0 Å². The second-order valence-electron chi connectivity index (χ2n) is 7.96. The standard InChI is InChI=1S/C22H37N3O/c1-3-26-22-10-9-20(8-7-13-24-16-14-23(2)15-17-24)18-21(22)19-25-11-5-4-6-12-25/h9-10,18H,3-8,11-17,19H2,1-2H3. The molecule has 4 nitrogen and oxygen atoms in total. The van der Waals surface area contributed by atoms with Crippen LogP contribution in [0.1, 0.15) is 43.7 Å². The van der Waals surface area contributed by atoms with Gasteiger partial charge in [-0.3, -0.25) is 4.90 Å². The molecule has 2 fully saturated rings. The van der Waals surface area contributed by atoms with Crippen LogP contribution in [0.3, 0.4) is 0 Å². The van der Waals surface area contributed by atoms with Gasteiger partial charge in [-0.05, 0) is 70.9 Å². The van der Waals surface area contributed by atoms with Gasteiger partial charge >= 0.3 is 0 Å². The van der Waals surface area contributed by atoms with Gasteiger partial charge < -0.3 is 14.5 Å². The van der Waals surface area contributed by atoms with Crippen LogP contribution in [0, 0.1) is 0 Å². The number of hydrogen-bond donors (Lipinski definition) is 0. The zero-order valence-electron chi connectivity index (χ0n) is 16.9. The summed E-state index contributed by atoms with van der Waals surface area (Å²) in [5.41, 5.74) is 2.85. The summed E-state index contributed by atoms with van der Waals surface area (Å²) in [4.78, 5) is 7.63. The van der Waals surface area contributed by atoms with E-state index in [1.165, 1.54) is 89.0 Å². The Balaban J connectivity index is 1.54. The van der Waals surface area contributed by atoms with Crippen LogP contribution in [0.15, 0.2) is 18.2 Å². The summed E-state index contributed by atoms with van der Waals surface area (Å²) in [6.07, 6.45) is 6.50. The second kappa shape index (κ2) is 10.3. The fraction of sp³-hybridized carbons (Fsp3) is 0.727. The number of likely N-dealkylation sites (N-methyl/N-ethyl adjacent to an activating group) is 1. The van der Waals surface area contributed by atoms with Crippen LogP contribution in [0.5, 0.6) is 5.75 Å². The highest BCUT2D eigenvalue weighted by molar-refractivity contribution is 5.37. The van der Waals surface area contributed by atoms with E-state index < -0.39 is 0 Å². The smallest absolute Gasteiger partial charge is 0.123 e. The Kier molecular flexibility index (Phi) is 7.78. The topological polar surface area (TPSA) is 19.0 Å². The Bertz CT molecular complexity index is 534. The van der Waals surface area contributed by atoms with Crippen LogP contribution in [0.4, 0.5) is 0 Å². The van der Waals surface area contributed by atoms with E-state index in [1.54, 1.807) is 0 Å². The van der Waals surface area contributed by atoms with Gasteiger partial charge in [0, 0.05) is 38.3 Å². The predicted molar refractivity (Wildman–Crippen MR) is 109 cm³/mol. The van der Waals surface area contributed by atoms with Crippen molar-refractivity contribution in [3.63, 3.8) is 0 Å². The summed E-state index contributed by atoms with van der Waals surface area (Å²) in [5.74, 6) is 1.08. The summed E-state index contributed by atoms with van der Waals surface area (Å²) in [6, 6.07) is 6.88. The molecule has 0 amide bonds. The molecule has 2 heterocycles. The third-order valence-corrected chi connectivity index (χ3v) is 5.80. The second-order valence-corrected chi connectivity index (χ2v) is 7.96. The molecule has 146 valence electrons. The monoisotopic (exact) mass is 359 g/mol. The first-order valence-electron chi connectivity index (χ1n) is 10.6. The summed E-state index contributed by atoms with van der Waals surface area (Å²) in [7, 11) is 2.22. The summed E-state index contributed by atoms with van der Waals surface area (Å²) >= 11 is 0. The molecule has 0 spiro atoms. The summed E-state index contributed by atoms with van der Waals surface area (Å²) < 4.78 is 5.90. The van der Waals surface area contributed by atoms with Gasteiger partial charge in [-0.25, -0.2) is 0 Å². The summed E-state index contributed by atoms with van der Waals surface area (Å²) in [6.45, 7) is 12.4. The van der Waals surface area contributed by atoms with Gasteiger partial charge in [0.2, 0.25) is 0 Å². The lowest BCUT2D eigenvalue weighted by Gasteiger charge is -2.32. The molecule has 0 atom stereocenters. The fourth-order valence-electron chi connectivity index (χ4n) is 4.14. The maximum Gasteiger partial charge on any atom is 0.123 e. The quantitative estimate of drug-likeness (QED) is 0.709. The van der Waals surface area contributed by atoms with E-state index in [2.05, 4.69) is 46.9 Å². The van der Waals surface area contributed by atoms with Gasteiger partial charge in [0.25, 0.3) is 0 Å². The first kappa shape index (κ1) is 19.7. The van der Waals surface area contributed by atoms with Gasteiger partial charge in [0.05, 0.1) is 6.61 Å². The average molecular weight is 360 g/mol. The van der Waals surface area contributed by atoms with E-state index in [4.69, 9.17) is 4.74 Å². The zero-order chi connectivity index (χ0) is 18.2. The van der Waals surface area contributed by atoms with Crippen molar-refractivity contribution in [3.05, 3.63) is 29.3 Å². The molecule has 3 rings (SSSR count). The van der Waals surface area contributed by atoms with Gasteiger partial charge in [-0.1, -0.05) is 18.6 Å². The minimum atomic E-state index is 0.746. The molecule has 1 aromatic carbocycles. The van der Waals surface area contributed by atoms with Crippen molar-refractivity contribution in [2.24, 2.45) is 0 Å². The molecular weight excluding hydrogens is 322 g/mol. The lowest BCUT2D eigenvalue weighted by molar-refractivity contribution is 0.153. The van der Waals surface area contributed by atoms with Crippen LogP contribution in [0.2, 0.25) is 0 Å². The van der Waals surface area contributed by atoms with E-state index in [-0.39, 0.29) is 0 Å². The van der Waals surface area contributed by atoms with Gasteiger partial charge in [0.1, 0.15) is 5.75 Å². The van der Waals surface area contributed by atoms with Gasteiger partial charge in [-0.15, -0.1) is 0 Å². The summed E-state index contributed by atoms with van der Waals surface area (Å²) in [5, 5.41) is 0. The molecule has 0 saturated carbocycles. The first-order chi connectivity index (χ1) is 12.7. The number of rotatable bonds is 8. The number of likely N-dealkylation sites (tertiary alicyclic amines) is 1. The Morgan fingerprint density at radius 1 is 0.923 bits per heavy atom. The molecule has 0 radical (unpaired) electrons. The molecule has 2 aliphatic rings. The van der Waals surface area contributed by atoms with Crippen LogP contribution >= 0.6 is 0 Å². The Hall–Kier alpha value is -1.10. The lowest BCUT2D eigenvalue weighted by atomic mass is 10.0.